The van der Waals surface area contributed by atoms with Gasteiger partial charge in [-0.15, -0.1) is 0 Å². The van der Waals surface area contributed by atoms with Crippen molar-refractivity contribution in [1.29, 1.82) is 0 Å². The maximum Gasteiger partial charge on any atom is 0.308 e. The molecule has 0 aromatic rings. The number of aliphatic carboxylic acids is 1. The second kappa shape index (κ2) is 18.2. The van der Waals surface area contributed by atoms with Gasteiger partial charge in [0.15, 0.2) is 12.6 Å². The van der Waals surface area contributed by atoms with Gasteiger partial charge in [-0.05, 0) is 102 Å². The molecule has 6 rings (SSSR count). The summed E-state index contributed by atoms with van der Waals surface area (Å²) in [5.41, 5.74) is -5.24. The van der Waals surface area contributed by atoms with E-state index in [0.29, 0.717) is 32.1 Å². The summed E-state index contributed by atoms with van der Waals surface area (Å²) in [5, 5.41) is 96.5. The van der Waals surface area contributed by atoms with Crippen LogP contribution in [-0.4, -0.2) is 155 Å². The third kappa shape index (κ3) is 9.65. The van der Waals surface area contributed by atoms with Crippen molar-refractivity contribution in [2.75, 3.05) is 6.61 Å². The summed E-state index contributed by atoms with van der Waals surface area (Å²) in [7, 11) is 0. The van der Waals surface area contributed by atoms with Gasteiger partial charge in [-0.3, -0.25) is 14.4 Å². The van der Waals surface area contributed by atoms with Gasteiger partial charge in [0, 0.05) is 17.3 Å². The molecule has 19 atom stereocenters. The van der Waals surface area contributed by atoms with Crippen molar-refractivity contribution in [3.8, 4) is 0 Å². The summed E-state index contributed by atoms with van der Waals surface area (Å²) in [6.07, 6.45) is -7.97. The lowest BCUT2D eigenvalue weighted by molar-refractivity contribution is -0.372. The Hall–Kier alpha value is -2.39. The number of carboxylic acid groups (broad SMARTS) is 1. The number of hydrogen-bond donors (Lipinski definition) is 9. The van der Waals surface area contributed by atoms with E-state index in [1.165, 1.54) is 13.8 Å². The van der Waals surface area contributed by atoms with E-state index in [4.69, 9.17) is 28.8 Å². The second-order valence-electron chi connectivity index (χ2n) is 22.6. The number of ketones is 1. The number of aliphatic hydroxyl groups excluding tert-OH is 5. The van der Waals surface area contributed by atoms with Crippen LogP contribution in [0.5, 0.6) is 0 Å². The average Bonchev–Trinajstić information content (AvgIpc) is 3.45. The van der Waals surface area contributed by atoms with E-state index >= 15 is 0 Å². The highest BCUT2D eigenvalue weighted by molar-refractivity contribution is 5.88. The van der Waals surface area contributed by atoms with Crippen molar-refractivity contribution in [2.24, 2.45) is 39.4 Å². The van der Waals surface area contributed by atoms with Crippen LogP contribution >= 0.6 is 0 Å². The first-order chi connectivity index (χ1) is 29.8. The lowest BCUT2D eigenvalue weighted by atomic mass is 9.38. The molecule has 0 aromatic carbocycles. The predicted molar refractivity (Wildman–Crippen MR) is 231 cm³/mol. The van der Waals surface area contributed by atoms with E-state index in [1.54, 1.807) is 19.9 Å². The molecular weight excluding hydrogens is 849 g/mol. The number of carbonyl (C=O) groups excluding carboxylic acids is 2. The number of esters is 1. The lowest BCUT2D eigenvalue weighted by Gasteiger charge is -2.65. The van der Waals surface area contributed by atoms with E-state index < -0.39 is 132 Å². The van der Waals surface area contributed by atoms with Crippen molar-refractivity contribution in [1.82, 2.24) is 0 Å². The van der Waals surface area contributed by atoms with Crippen LogP contribution in [0.2, 0.25) is 0 Å². The fourth-order valence-electron chi connectivity index (χ4n) is 13.0. The predicted octanol–water partition coefficient (Wildman–Crippen LogP) is 2.44. The zero-order valence-corrected chi connectivity index (χ0v) is 39.7. The number of ether oxygens (including phenoxy) is 5. The first-order valence-electron chi connectivity index (χ1n) is 23.3. The molecule has 0 radical (unpaired) electrons. The molecule has 9 N–H and O–H groups in total. The second-order valence-corrected chi connectivity index (χ2v) is 22.6. The molecule has 2 aliphatic heterocycles. The number of allylic oxidation sites excluding steroid dienone is 1. The van der Waals surface area contributed by atoms with Crippen LogP contribution in [0.1, 0.15) is 127 Å². The SMILES string of the molecule is C[C@@H]1O[C@@H](O[C@H]2[C@H](OC3CCC4C(=CCC5C4(C)C(=O)CC4(C)C(C(C)(O)C/C=C/C(C)(C)O)CCC54C)C3(C)C)O[C@H](COC(=O)CC(C)(O)CC(=O)O)[C@@H](O)[C@@H]2O)[C@H](O)[C@H](O)[C@H]1O. The van der Waals surface area contributed by atoms with Crippen LogP contribution in [0.4, 0.5) is 0 Å². The fourth-order valence-corrected chi connectivity index (χ4v) is 13.0. The summed E-state index contributed by atoms with van der Waals surface area (Å²) in [6.45, 7) is 17.8. The Morgan fingerprint density at radius 2 is 1.49 bits per heavy atom. The van der Waals surface area contributed by atoms with Gasteiger partial charge in [0.1, 0.15) is 55.1 Å². The molecule has 5 fully saturated rings. The van der Waals surface area contributed by atoms with Gasteiger partial charge in [-0.1, -0.05) is 58.4 Å². The fraction of sp³-hybridized carbons (Fsp3) is 0.854. The maximum atomic E-state index is 15.0. The number of fused-ring (bicyclic) bond motifs is 5. The molecular formula is C48H76O17. The van der Waals surface area contributed by atoms with Crippen molar-refractivity contribution >= 4 is 17.7 Å². The van der Waals surface area contributed by atoms with Crippen LogP contribution < -0.4 is 0 Å². The Bertz CT molecular complexity index is 1840. The Labute approximate surface area is 382 Å². The Morgan fingerprint density at radius 1 is 0.831 bits per heavy atom. The van der Waals surface area contributed by atoms with Crippen LogP contribution in [0.25, 0.3) is 0 Å². The van der Waals surface area contributed by atoms with Crippen LogP contribution in [0.3, 0.4) is 0 Å². The van der Waals surface area contributed by atoms with Gasteiger partial charge in [0.05, 0.1) is 41.9 Å². The average molecular weight is 925 g/mol. The number of carbonyl (C=O) groups is 3. The van der Waals surface area contributed by atoms with Gasteiger partial charge < -0.3 is 69.6 Å². The van der Waals surface area contributed by atoms with E-state index in [-0.39, 0.29) is 29.0 Å². The first-order valence-corrected chi connectivity index (χ1v) is 23.3. The molecule has 0 amide bonds. The molecule has 9 unspecified atom stereocenters. The zero-order valence-electron chi connectivity index (χ0n) is 39.7. The zero-order chi connectivity index (χ0) is 48.6. The third-order valence-corrected chi connectivity index (χ3v) is 16.9. The highest BCUT2D eigenvalue weighted by atomic mass is 16.8. The molecule has 17 heteroatoms. The summed E-state index contributed by atoms with van der Waals surface area (Å²) in [4.78, 5) is 38.9. The summed E-state index contributed by atoms with van der Waals surface area (Å²) < 4.78 is 30.0. The minimum absolute atomic E-state index is 0.0124. The molecule has 2 heterocycles. The monoisotopic (exact) mass is 925 g/mol. The van der Waals surface area contributed by atoms with E-state index in [0.717, 1.165) is 18.4 Å². The van der Waals surface area contributed by atoms with Crippen molar-refractivity contribution in [2.45, 2.75) is 211 Å². The normalized spacial score (nSPS) is 44.8. The first kappa shape index (κ1) is 52.0. The molecule has 2 saturated heterocycles. The number of Topliss-reactive ketones (excluding diaryl/α,β-unsaturated/α-hetero) is 1. The van der Waals surface area contributed by atoms with Crippen LogP contribution in [0.15, 0.2) is 23.8 Å². The summed E-state index contributed by atoms with van der Waals surface area (Å²) >= 11 is 0. The quantitative estimate of drug-likeness (QED) is 0.0894. The lowest BCUT2D eigenvalue weighted by Crippen LogP contribution is -2.65. The van der Waals surface area contributed by atoms with Crippen molar-refractivity contribution in [3.63, 3.8) is 0 Å². The molecule has 0 bridgehead atoms. The largest absolute Gasteiger partial charge is 0.481 e. The number of rotatable bonds is 14. The third-order valence-electron chi connectivity index (χ3n) is 16.9. The van der Waals surface area contributed by atoms with Crippen LogP contribution in [-0.2, 0) is 38.1 Å². The van der Waals surface area contributed by atoms with E-state index in [1.807, 2.05) is 26.8 Å². The molecule has 65 heavy (non-hydrogen) atoms. The maximum absolute atomic E-state index is 15.0. The van der Waals surface area contributed by atoms with Gasteiger partial charge in [0.2, 0.25) is 0 Å². The Morgan fingerprint density at radius 3 is 2.12 bits per heavy atom. The Balaban J connectivity index is 1.25. The molecule has 6 aliphatic rings. The molecule has 0 spiro atoms. The minimum Gasteiger partial charge on any atom is -0.481 e. The molecule has 17 nitrogen and oxygen atoms in total. The number of aliphatic hydroxyl groups is 8. The summed E-state index contributed by atoms with van der Waals surface area (Å²) in [6, 6.07) is 0. The highest BCUT2D eigenvalue weighted by Crippen LogP contribution is 2.74. The van der Waals surface area contributed by atoms with Crippen molar-refractivity contribution in [3.05, 3.63) is 23.8 Å². The van der Waals surface area contributed by atoms with Crippen LogP contribution in [0, 0.1) is 39.4 Å². The molecule has 0 aromatic heterocycles. The minimum atomic E-state index is -1.93. The van der Waals surface area contributed by atoms with Gasteiger partial charge in [-0.2, -0.15) is 0 Å². The van der Waals surface area contributed by atoms with Gasteiger partial charge in [0.25, 0.3) is 0 Å². The number of hydrogen-bond acceptors (Lipinski definition) is 16. The molecule has 4 aliphatic carbocycles. The summed E-state index contributed by atoms with van der Waals surface area (Å²) in [5.74, 6) is -2.46. The standard InChI is InChI=1S/C48H76O17/c1-24-34(53)36(55)38(57)40(62-24)65-39-37(56)35(54)27(23-61-33(52)22-44(6,59)21-32(50)51)63-41(39)64-31-15-13-26-25(43(31,4)5)12-14-29-45(7)19-16-28(46(45,8)20-30(49)48(26,29)10)47(9,60)18-11-17-42(2,3)58/h11-12,17,24,26-29,31,34-41,53-60H,13-16,18-23H2,1-10H3,(H,50,51)/b17-11+/t24-,26?,27+,28?,29?,31?,34-,35+,36+,37-,38+,39+,40-,41-,44?,45?,46?,47?,48?/m0/s1. The van der Waals surface area contributed by atoms with Gasteiger partial charge >= 0.3 is 11.9 Å². The van der Waals surface area contributed by atoms with E-state index in [9.17, 15) is 55.2 Å². The molecule has 3 saturated carbocycles. The van der Waals surface area contributed by atoms with Crippen molar-refractivity contribution < 1.29 is 84.0 Å². The smallest absolute Gasteiger partial charge is 0.308 e. The molecule has 370 valence electrons. The Kier molecular flexibility index (Phi) is 14.5. The topological polar surface area (TPSA) is 279 Å². The van der Waals surface area contributed by atoms with E-state index in [2.05, 4.69) is 26.8 Å². The number of carboxylic acids is 1. The highest BCUT2D eigenvalue weighted by Gasteiger charge is 2.72. The van der Waals surface area contributed by atoms with Gasteiger partial charge in [-0.25, -0.2) is 0 Å².